The van der Waals surface area contributed by atoms with E-state index >= 15 is 0 Å². The zero-order chi connectivity index (χ0) is 17.2. The molecule has 0 amide bonds. The van der Waals surface area contributed by atoms with Gasteiger partial charge in [0.05, 0.1) is 9.82 Å². The highest BCUT2D eigenvalue weighted by molar-refractivity contribution is 7.85. The summed E-state index contributed by atoms with van der Waals surface area (Å²) in [5, 5.41) is 11.1. The van der Waals surface area contributed by atoms with Crippen LogP contribution >= 0.6 is 0 Å². The van der Waals surface area contributed by atoms with Gasteiger partial charge in [0.15, 0.2) is 0 Å². The molecule has 1 N–H and O–H groups in total. The number of nitro benzene ring substituents is 1. The molecular weight excluding hydrogens is 318 g/mol. The van der Waals surface area contributed by atoms with E-state index in [4.69, 9.17) is 0 Å². The average molecular weight is 335 g/mol. The molecule has 0 aromatic heterocycles. The summed E-state index contributed by atoms with van der Waals surface area (Å²) >= 11 is 0. The van der Waals surface area contributed by atoms with Crippen molar-refractivity contribution in [2.45, 2.75) is 31.6 Å². The van der Waals surface area contributed by atoms with E-state index < -0.39 is 15.0 Å². The van der Waals surface area contributed by atoms with Crippen molar-refractivity contribution in [2.75, 3.05) is 0 Å². The van der Waals surface area contributed by atoms with Crippen LogP contribution in [0.2, 0.25) is 0 Å². The molecule has 0 aliphatic heterocycles. The van der Waals surface area contributed by atoms with E-state index in [1.165, 1.54) is 12.1 Å². The number of benzene rings is 2. The van der Waals surface area contributed by atoms with Gasteiger partial charge >= 0.3 is 0 Å². The van der Waals surface area contributed by atoms with Crippen LogP contribution < -0.4 is 0 Å². The standard InChI is InChI=1S/C16H17NO5S/c1-11-7-8-13(12(2)16(11)17(18)19)9-10-14-5-3-4-6-15(14)23(20,21)22/h3-8H,9-10H2,1-2H3,(H,20,21,22). The third-order valence-electron chi connectivity index (χ3n) is 3.84. The fourth-order valence-corrected chi connectivity index (χ4v) is 3.41. The smallest absolute Gasteiger partial charge is 0.282 e. The minimum atomic E-state index is -4.28. The molecule has 7 heteroatoms. The Bertz CT molecular complexity index is 859. The summed E-state index contributed by atoms with van der Waals surface area (Å²) in [6, 6.07) is 9.70. The summed E-state index contributed by atoms with van der Waals surface area (Å²) in [5.41, 5.74) is 2.53. The van der Waals surface area contributed by atoms with Gasteiger partial charge in [-0.1, -0.05) is 30.3 Å². The van der Waals surface area contributed by atoms with Crippen LogP contribution in [0.25, 0.3) is 0 Å². The van der Waals surface area contributed by atoms with E-state index in [1.54, 1.807) is 32.0 Å². The van der Waals surface area contributed by atoms with Gasteiger partial charge in [0.2, 0.25) is 0 Å². The molecule has 2 aromatic rings. The van der Waals surface area contributed by atoms with Gasteiger partial charge in [-0.15, -0.1) is 0 Å². The molecule has 0 radical (unpaired) electrons. The maximum absolute atomic E-state index is 11.4. The number of hydrogen-bond acceptors (Lipinski definition) is 4. The Morgan fingerprint density at radius 2 is 1.65 bits per heavy atom. The SMILES string of the molecule is Cc1ccc(CCc2ccccc2S(=O)(=O)O)c(C)c1[N+](=O)[O-]. The Kier molecular flexibility index (Phi) is 4.82. The highest BCUT2D eigenvalue weighted by atomic mass is 32.2. The molecular formula is C16H17NO5S. The van der Waals surface area contributed by atoms with E-state index in [9.17, 15) is 23.1 Å². The van der Waals surface area contributed by atoms with Gasteiger partial charge < -0.3 is 0 Å². The third-order valence-corrected chi connectivity index (χ3v) is 4.80. The van der Waals surface area contributed by atoms with Crippen molar-refractivity contribution in [3.63, 3.8) is 0 Å². The average Bonchev–Trinajstić information content (AvgIpc) is 2.45. The zero-order valence-corrected chi connectivity index (χ0v) is 13.6. The molecule has 0 saturated heterocycles. The van der Waals surface area contributed by atoms with Crippen LogP contribution in [0, 0.1) is 24.0 Å². The van der Waals surface area contributed by atoms with Crippen LogP contribution in [0.1, 0.15) is 22.3 Å². The molecule has 0 unspecified atom stereocenters. The molecule has 122 valence electrons. The summed E-state index contributed by atoms with van der Waals surface area (Å²) < 4.78 is 32.0. The second-order valence-electron chi connectivity index (χ2n) is 5.36. The van der Waals surface area contributed by atoms with Gasteiger partial charge in [0, 0.05) is 11.1 Å². The number of aryl methyl sites for hydroxylation is 3. The van der Waals surface area contributed by atoms with Gasteiger partial charge in [-0.3, -0.25) is 14.7 Å². The molecule has 23 heavy (non-hydrogen) atoms. The van der Waals surface area contributed by atoms with Crippen molar-refractivity contribution >= 4 is 15.8 Å². The highest BCUT2D eigenvalue weighted by Gasteiger charge is 2.19. The summed E-state index contributed by atoms with van der Waals surface area (Å²) in [7, 11) is -4.28. The molecule has 0 bridgehead atoms. The van der Waals surface area contributed by atoms with Crippen LogP contribution in [0.5, 0.6) is 0 Å². The van der Waals surface area contributed by atoms with Gasteiger partial charge in [0.25, 0.3) is 15.8 Å². The number of hydrogen-bond donors (Lipinski definition) is 1. The van der Waals surface area contributed by atoms with Crippen molar-refractivity contribution in [1.29, 1.82) is 0 Å². The predicted molar refractivity (Wildman–Crippen MR) is 86.2 cm³/mol. The van der Waals surface area contributed by atoms with E-state index in [0.717, 1.165) is 5.56 Å². The normalized spacial score (nSPS) is 11.4. The first-order valence-corrected chi connectivity index (χ1v) is 8.44. The first-order chi connectivity index (χ1) is 10.7. The van der Waals surface area contributed by atoms with Gasteiger partial charge in [-0.25, -0.2) is 0 Å². The molecule has 0 saturated carbocycles. The predicted octanol–water partition coefficient (Wildman–Crippen LogP) is 3.24. The lowest BCUT2D eigenvalue weighted by Crippen LogP contribution is -2.05. The molecule has 6 nitrogen and oxygen atoms in total. The summed E-state index contributed by atoms with van der Waals surface area (Å²) in [6.45, 7) is 3.37. The quantitative estimate of drug-likeness (QED) is 0.514. The molecule has 2 rings (SSSR count). The van der Waals surface area contributed by atoms with Crippen molar-refractivity contribution in [3.05, 3.63) is 68.8 Å². The van der Waals surface area contributed by atoms with Crippen molar-refractivity contribution in [3.8, 4) is 0 Å². The fraction of sp³-hybridized carbons (Fsp3) is 0.250. The van der Waals surface area contributed by atoms with Crippen molar-refractivity contribution < 1.29 is 17.9 Å². The Balaban J connectivity index is 2.33. The van der Waals surface area contributed by atoms with Crippen LogP contribution in [-0.4, -0.2) is 17.9 Å². The lowest BCUT2D eigenvalue weighted by atomic mass is 9.97. The third kappa shape index (κ3) is 3.75. The zero-order valence-electron chi connectivity index (χ0n) is 12.8. The first-order valence-electron chi connectivity index (χ1n) is 7.00. The van der Waals surface area contributed by atoms with Crippen LogP contribution in [0.4, 0.5) is 5.69 Å². The fourth-order valence-electron chi connectivity index (χ4n) is 2.66. The largest absolute Gasteiger partial charge is 0.294 e. The van der Waals surface area contributed by atoms with Crippen LogP contribution in [0.3, 0.4) is 0 Å². The van der Waals surface area contributed by atoms with Crippen molar-refractivity contribution in [2.24, 2.45) is 0 Å². The van der Waals surface area contributed by atoms with Crippen LogP contribution in [0.15, 0.2) is 41.3 Å². The van der Waals surface area contributed by atoms with Gasteiger partial charge in [0.1, 0.15) is 0 Å². The molecule has 0 spiro atoms. The van der Waals surface area contributed by atoms with E-state index in [-0.39, 0.29) is 10.6 Å². The van der Waals surface area contributed by atoms with Crippen molar-refractivity contribution in [1.82, 2.24) is 0 Å². The molecule has 0 atom stereocenters. The van der Waals surface area contributed by atoms with E-state index in [2.05, 4.69) is 0 Å². The Hall–Kier alpha value is -2.25. The molecule has 2 aromatic carbocycles. The van der Waals surface area contributed by atoms with Gasteiger partial charge in [-0.05, 0) is 43.9 Å². The minimum absolute atomic E-state index is 0.0885. The second kappa shape index (κ2) is 6.47. The number of nitro groups is 1. The maximum atomic E-state index is 11.4. The van der Waals surface area contributed by atoms with Gasteiger partial charge in [-0.2, -0.15) is 8.42 Å². The van der Waals surface area contributed by atoms with Crippen LogP contribution in [-0.2, 0) is 23.0 Å². The van der Waals surface area contributed by atoms with E-state index in [0.29, 0.717) is 29.5 Å². The second-order valence-corrected chi connectivity index (χ2v) is 6.75. The Labute approximate surface area is 134 Å². The number of rotatable bonds is 5. The minimum Gasteiger partial charge on any atom is -0.282 e. The highest BCUT2D eigenvalue weighted by Crippen LogP contribution is 2.27. The summed E-state index contributed by atoms with van der Waals surface area (Å²) in [4.78, 5) is 10.6. The Morgan fingerprint density at radius 3 is 2.26 bits per heavy atom. The monoisotopic (exact) mass is 335 g/mol. The molecule has 0 aliphatic carbocycles. The topological polar surface area (TPSA) is 97.5 Å². The number of nitrogens with zero attached hydrogens (tertiary/aromatic N) is 1. The molecule has 0 heterocycles. The molecule has 0 fully saturated rings. The lowest BCUT2D eigenvalue weighted by Gasteiger charge is -2.10. The summed E-state index contributed by atoms with van der Waals surface area (Å²) in [6.07, 6.45) is 0.802. The van der Waals surface area contributed by atoms with E-state index in [1.807, 2.05) is 6.07 Å². The lowest BCUT2D eigenvalue weighted by molar-refractivity contribution is -0.386. The Morgan fingerprint density at radius 1 is 1.04 bits per heavy atom. The molecule has 0 aliphatic rings. The summed E-state index contributed by atoms with van der Waals surface area (Å²) in [5.74, 6) is 0. The first kappa shape index (κ1) is 17.1. The maximum Gasteiger partial charge on any atom is 0.294 e.